The molecular formula is C14H23N3O. The summed E-state index contributed by atoms with van der Waals surface area (Å²) in [6, 6.07) is 7.70. The molecule has 1 rings (SSSR count). The van der Waals surface area contributed by atoms with Crippen molar-refractivity contribution >= 4 is 17.3 Å². The van der Waals surface area contributed by atoms with Gasteiger partial charge in [0, 0.05) is 25.5 Å². The van der Waals surface area contributed by atoms with Crippen molar-refractivity contribution in [1.29, 1.82) is 0 Å². The van der Waals surface area contributed by atoms with E-state index in [1.165, 1.54) is 0 Å². The van der Waals surface area contributed by atoms with Crippen LogP contribution in [0.5, 0.6) is 0 Å². The quantitative estimate of drug-likeness (QED) is 0.841. The molecule has 0 spiro atoms. The first kappa shape index (κ1) is 14.5. The van der Waals surface area contributed by atoms with Gasteiger partial charge in [0.15, 0.2) is 0 Å². The van der Waals surface area contributed by atoms with Crippen LogP contribution in [0.2, 0.25) is 0 Å². The Kier molecular flexibility index (Phi) is 4.73. The lowest BCUT2D eigenvalue weighted by Crippen LogP contribution is -2.48. The maximum atomic E-state index is 12.1. The third-order valence-corrected chi connectivity index (χ3v) is 2.91. The minimum absolute atomic E-state index is 0.139. The zero-order valence-corrected chi connectivity index (χ0v) is 11.7. The van der Waals surface area contributed by atoms with Gasteiger partial charge < -0.3 is 16.0 Å². The third kappa shape index (κ3) is 3.74. The highest BCUT2D eigenvalue weighted by molar-refractivity contribution is 5.97. The van der Waals surface area contributed by atoms with Crippen molar-refractivity contribution in [2.75, 3.05) is 24.3 Å². The van der Waals surface area contributed by atoms with Crippen LogP contribution in [0.4, 0.5) is 11.4 Å². The summed E-state index contributed by atoms with van der Waals surface area (Å²) in [7, 11) is 3.93. The number of hydrogen-bond acceptors (Lipinski definition) is 3. The normalized spacial score (nSPS) is 13.8. The molecule has 0 radical (unpaired) electrons. The number of amides is 1. The highest BCUT2D eigenvalue weighted by Gasteiger charge is 2.27. The van der Waals surface area contributed by atoms with Crippen molar-refractivity contribution in [2.45, 2.75) is 32.2 Å². The van der Waals surface area contributed by atoms with E-state index in [1.54, 1.807) is 6.92 Å². The first-order chi connectivity index (χ1) is 8.36. The summed E-state index contributed by atoms with van der Waals surface area (Å²) in [4.78, 5) is 14.0. The second-order valence-electron chi connectivity index (χ2n) is 5.07. The number of anilines is 2. The van der Waals surface area contributed by atoms with Crippen molar-refractivity contribution in [2.24, 2.45) is 5.73 Å². The highest BCUT2D eigenvalue weighted by Crippen LogP contribution is 2.19. The van der Waals surface area contributed by atoms with Crippen molar-refractivity contribution in [1.82, 2.24) is 0 Å². The Hall–Kier alpha value is -1.55. The molecule has 0 saturated carbocycles. The molecule has 1 atom stereocenters. The predicted octanol–water partition coefficient (Wildman–Crippen LogP) is 2.21. The molecule has 0 aliphatic rings. The summed E-state index contributed by atoms with van der Waals surface area (Å²) in [5.41, 5.74) is 7.00. The van der Waals surface area contributed by atoms with Crippen LogP contribution < -0.4 is 16.0 Å². The number of nitrogens with zero attached hydrogens (tertiary/aromatic N) is 1. The molecule has 0 saturated heterocycles. The van der Waals surface area contributed by atoms with Crippen molar-refractivity contribution in [3.63, 3.8) is 0 Å². The monoisotopic (exact) mass is 249 g/mol. The number of carbonyl (C=O) groups excluding carboxylic acids is 1. The molecule has 1 aromatic carbocycles. The average Bonchev–Trinajstić information content (AvgIpc) is 2.29. The van der Waals surface area contributed by atoms with Crippen LogP contribution >= 0.6 is 0 Å². The Morgan fingerprint density at radius 1 is 1.44 bits per heavy atom. The first-order valence-electron chi connectivity index (χ1n) is 6.24. The topological polar surface area (TPSA) is 58.4 Å². The summed E-state index contributed by atoms with van der Waals surface area (Å²) < 4.78 is 0. The number of nitrogens with one attached hydrogen (secondary N) is 1. The molecule has 0 aliphatic carbocycles. The maximum Gasteiger partial charge on any atom is 0.244 e. The van der Waals surface area contributed by atoms with Gasteiger partial charge in [0.2, 0.25) is 5.91 Å². The van der Waals surface area contributed by atoms with Crippen LogP contribution in [0, 0.1) is 0 Å². The smallest absolute Gasteiger partial charge is 0.244 e. The molecule has 0 aromatic heterocycles. The average molecular weight is 249 g/mol. The molecule has 100 valence electrons. The highest BCUT2D eigenvalue weighted by atomic mass is 16.2. The second-order valence-corrected chi connectivity index (χ2v) is 5.07. The molecular weight excluding hydrogens is 226 g/mol. The van der Waals surface area contributed by atoms with Crippen molar-refractivity contribution in [3.05, 3.63) is 24.3 Å². The Labute approximate surface area is 109 Å². The van der Waals surface area contributed by atoms with E-state index in [9.17, 15) is 4.79 Å². The fourth-order valence-electron chi connectivity index (χ4n) is 1.77. The van der Waals surface area contributed by atoms with E-state index < -0.39 is 5.54 Å². The minimum atomic E-state index is -0.817. The summed E-state index contributed by atoms with van der Waals surface area (Å²) in [5.74, 6) is -0.139. The summed E-state index contributed by atoms with van der Waals surface area (Å²) in [6.45, 7) is 3.78. The second kappa shape index (κ2) is 5.87. The maximum absolute atomic E-state index is 12.1. The van der Waals surface area contributed by atoms with Gasteiger partial charge in [-0.15, -0.1) is 0 Å². The zero-order chi connectivity index (χ0) is 13.8. The van der Waals surface area contributed by atoms with E-state index in [1.807, 2.05) is 50.2 Å². The fourth-order valence-corrected chi connectivity index (χ4v) is 1.77. The van der Waals surface area contributed by atoms with E-state index in [-0.39, 0.29) is 5.91 Å². The zero-order valence-electron chi connectivity index (χ0n) is 11.7. The lowest BCUT2D eigenvalue weighted by Gasteiger charge is -2.23. The molecule has 0 bridgehead atoms. The number of rotatable bonds is 5. The van der Waals surface area contributed by atoms with Gasteiger partial charge in [-0.25, -0.2) is 0 Å². The Morgan fingerprint density at radius 2 is 2.11 bits per heavy atom. The molecule has 4 heteroatoms. The van der Waals surface area contributed by atoms with Crippen molar-refractivity contribution < 1.29 is 4.79 Å². The molecule has 0 fully saturated rings. The largest absolute Gasteiger partial charge is 0.378 e. The lowest BCUT2D eigenvalue weighted by atomic mass is 9.96. The van der Waals surface area contributed by atoms with Gasteiger partial charge in [-0.3, -0.25) is 4.79 Å². The van der Waals surface area contributed by atoms with Gasteiger partial charge in [0.05, 0.1) is 5.54 Å². The SMILES string of the molecule is CCCC(C)(N)C(=O)Nc1cccc(N(C)C)c1. The van der Waals surface area contributed by atoms with E-state index in [2.05, 4.69) is 5.32 Å². The third-order valence-electron chi connectivity index (χ3n) is 2.91. The van der Waals surface area contributed by atoms with Crippen molar-refractivity contribution in [3.8, 4) is 0 Å². The number of benzene rings is 1. The molecule has 0 aliphatic heterocycles. The van der Waals surface area contributed by atoms with E-state index in [0.29, 0.717) is 6.42 Å². The molecule has 18 heavy (non-hydrogen) atoms. The lowest BCUT2D eigenvalue weighted by molar-refractivity contribution is -0.120. The van der Waals surface area contributed by atoms with Crippen LogP contribution in [0.1, 0.15) is 26.7 Å². The van der Waals surface area contributed by atoms with E-state index in [0.717, 1.165) is 17.8 Å². The number of carbonyl (C=O) groups is 1. The summed E-state index contributed by atoms with van der Waals surface area (Å²) in [6.07, 6.45) is 1.56. The van der Waals surface area contributed by atoms with Gasteiger partial charge in [-0.05, 0) is 31.5 Å². The molecule has 1 aromatic rings. The van der Waals surface area contributed by atoms with Gasteiger partial charge in [0.25, 0.3) is 0 Å². The fraction of sp³-hybridized carbons (Fsp3) is 0.500. The standard InChI is InChI=1S/C14H23N3O/c1-5-9-14(2,15)13(18)16-11-7-6-8-12(10-11)17(3)4/h6-8,10H,5,9,15H2,1-4H3,(H,16,18). The van der Waals surface area contributed by atoms with Crippen LogP contribution in [-0.4, -0.2) is 25.5 Å². The molecule has 4 nitrogen and oxygen atoms in total. The Morgan fingerprint density at radius 3 is 2.67 bits per heavy atom. The predicted molar refractivity (Wildman–Crippen MR) is 76.9 cm³/mol. The van der Waals surface area contributed by atoms with Crippen LogP contribution in [0.15, 0.2) is 24.3 Å². The molecule has 0 heterocycles. The van der Waals surface area contributed by atoms with Crippen LogP contribution in [0.25, 0.3) is 0 Å². The van der Waals surface area contributed by atoms with E-state index >= 15 is 0 Å². The first-order valence-corrected chi connectivity index (χ1v) is 6.24. The molecule has 1 amide bonds. The van der Waals surface area contributed by atoms with Gasteiger partial charge in [0.1, 0.15) is 0 Å². The Bertz CT molecular complexity index is 413. The summed E-state index contributed by atoms with van der Waals surface area (Å²) in [5, 5.41) is 2.87. The van der Waals surface area contributed by atoms with Gasteiger partial charge in [-0.1, -0.05) is 19.4 Å². The van der Waals surface area contributed by atoms with E-state index in [4.69, 9.17) is 5.73 Å². The van der Waals surface area contributed by atoms with Crippen LogP contribution in [-0.2, 0) is 4.79 Å². The molecule has 3 N–H and O–H groups in total. The molecule has 1 unspecified atom stereocenters. The van der Waals surface area contributed by atoms with Crippen LogP contribution in [0.3, 0.4) is 0 Å². The Balaban J connectivity index is 2.79. The summed E-state index contributed by atoms with van der Waals surface area (Å²) >= 11 is 0. The number of nitrogens with two attached hydrogens (primary N) is 1. The number of hydrogen-bond donors (Lipinski definition) is 2. The van der Waals surface area contributed by atoms with Gasteiger partial charge in [-0.2, -0.15) is 0 Å². The minimum Gasteiger partial charge on any atom is -0.378 e. The van der Waals surface area contributed by atoms with Gasteiger partial charge >= 0.3 is 0 Å².